The summed E-state index contributed by atoms with van der Waals surface area (Å²) in [6.45, 7) is 6.06. The molecule has 1 aliphatic rings. The van der Waals surface area contributed by atoms with Crippen LogP contribution in [-0.2, 0) is 6.54 Å². The second-order valence-electron chi connectivity index (χ2n) is 6.19. The smallest absolute Gasteiger partial charge is 0.123 e. The molecule has 0 bridgehead atoms. The Morgan fingerprint density at radius 3 is 2.90 bits per heavy atom. The van der Waals surface area contributed by atoms with Gasteiger partial charge in [0.15, 0.2) is 0 Å². The molecule has 1 fully saturated rings. The first-order valence-electron chi connectivity index (χ1n) is 7.97. The Morgan fingerprint density at radius 2 is 2.19 bits per heavy atom. The molecule has 4 heteroatoms. The van der Waals surface area contributed by atoms with Crippen molar-refractivity contribution in [2.24, 2.45) is 11.7 Å². The number of likely N-dealkylation sites (tertiary alicyclic amines) is 1. The Morgan fingerprint density at radius 1 is 1.38 bits per heavy atom. The van der Waals surface area contributed by atoms with Crippen LogP contribution < -0.4 is 10.5 Å². The number of ether oxygens (including phenoxy) is 1. The highest BCUT2D eigenvalue weighted by molar-refractivity contribution is 5.32. The van der Waals surface area contributed by atoms with Gasteiger partial charge in [-0.3, -0.25) is 0 Å². The molecule has 21 heavy (non-hydrogen) atoms. The number of nitrogens with two attached hydrogens (primary N) is 1. The first kappa shape index (κ1) is 16.3. The third-order valence-electron chi connectivity index (χ3n) is 4.19. The number of rotatable bonds is 8. The van der Waals surface area contributed by atoms with E-state index in [-0.39, 0.29) is 0 Å². The van der Waals surface area contributed by atoms with Crippen molar-refractivity contribution < 1.29 is 4.74 Å². The predicted octanol–water partition coefficient (Wildman–Crippen LogP) is 1.80. The van der Waals surface area contributed by atoms with Gasteiger partial charge in [-0.15, -0.1) is 0 Å². The SMILES string of the molecule is CN(CCCOc1ccccc1CN)CC1CCN(C)C1. The zero-order valence-corrected chi connectivity index (χ0v) is 13.4. The van der Waals surface area contributed by atoms with Gasteiger partial charge in [-0.2, -0.15) is 0 Å². The van der Waals surface area contributed by atoms with Crippen LogP contribution in [0.4, 0.5) is 0 Å². The van der Waals surface area contributed by atoms with E-state index < -0.39 is 0 Å². The summed E-state index contributed by atoms with van der Waals surface area (Å²) in [5.74, 6) is 1.76. The Balaban J connectivity index is 1.63. The highest BCUT2D eigenvalue weighted by Crippen LogP contribution is 2.17. The summed E-state index contributed by atoms with van der Waals surface area (Å²) < 4.78 is 5.85. The van der Waals surface area contributed by atoms with Gasteiger partial charge >= 0.3 is 0 Å². The molecule has 1 aliphatic heterocycles. The largest absolute Gasteiger partial charge is 0.493 e. The summed E-state index contributed by atoms with van der Waals surface area (Å²) in [5, 5.41) is 0. The summed E-state index contributed by atoms with van der Waals surface area (Å²) in [5.41, 5.74) is 6.80. The van der Waals surface area contributed by atoms with Crippen molar-refractivity contribution in [1.82, 2.24) is 9.80 Å². The molecule has 0 radical (unpaired) electrons. The van der Waals surface area contributed by atoms with Crippen LogP contribution in [0.15, 0.2) is 24.3 Å². The van der Waals surface area contributed by atoms with Crippen molar-refractivity contribution in [3.8, 4) is 5.75 Å². The molecule has 0 amide bonds. The minimum atomic E-state index is 0.533. The number of benzene rings is 1. The van der Waals surface area contributed by atoms with Gasteiger partial charge in [0.05, 0.1) is 6.61 Å². The molecule has 2 rings (SSSR count). The summed E-state index contributed by atoms with van der Waals surface area (Å²) >= 11 is 0. The van der Waals surface area contributed by atoms with Gasteiger partial charge in [0.1, 0.15) is 5.75 Å². The van der Waals surface area contributed by atoms with Crippen LogP contribution in [0.5, 0.6) is 5.75 Å². The molecule has 1 aromatic carbocycles. The van der Waals surface area contributed by atoms with E-state index in [9.17, 15) is 0 Å². The molecular weight excluding hydrogens is 262 g/mol. The maximum absolute atomic E-state index is 5.85. The molecule has 2 N–H and O–H groups in total. The standard InChI is InChI=1S/C17H29N3O/c1-19(13-15-8-10-20(2)14-15)9-5-11-21-17-7-4-3-6-16(17)12-18/h3-4,6-7,15H,5,8-14,18H2,1-2H3. The van der Waals surface area contributed by atoms with Crippen molar-refractivity contribution >= 4 is 0 Å². The van der Waals surface area contributed by atoms with E-state index in [0.717, 1.165) is 36.8 Å². The van der Waals surface area contributed by atoms with Crippen LogP contribution in [0.25, 0.3) is 0 Å². The molecule has 0 saturated carbocycles. The monoisotopic (exact) mass is 291 g/mol. The van der Waals surface area contributed by atoms with Crippen LogP contribution in [0, 0.1) is 5.92 Å². The van der Waals surface area contributed by atoms with Crippen molar-refractivity contribution in [3.05, 3.63) is 29.8 Å². The molecule has 118 valence electrons. The van der Waals surface area contributed by atoms with Gasteiger partial charge in [0, 0.05) is 31.7 Å². The van der Waals surface area contributed by atoms with Crippen molar-refractivity contribution in [2.75, 3.05) is 46.9 Å². The second kappa shape index (κ2) is 8.37. The van der Waals surface area contributed by atoms with E-state index in [1.807, 2.05) is 24.3 Å². The fourth-order valence-corrected chi connectivity index (χ4v) is 3.04. The average molecular weight is 291 g/mol. The van der Waals surface area contributed by atoms with E-state index in [0.29, 0.717) is 6.54 Å². The van der Waals surface area contributed by atoms with Gasteiger partial charge in [-0.25, -0.2) is 0 Å². The third kappa shape index (κ3) is 5.30. The van der Waals surface area contributed by atoms with E-state index in [1.165, 1.54) is 26.1 Å². The molecule has 1 heterocycles. The van der Waals surface area contributed by atoms with Gasteiger partial charge in [-0.1, -0.05) is 18.2 Å². The first-order valence-corrected chi connectivity index (χ1v) is 7.97. The minimum absolute atomic E-state index is 0.533. The van der Waals surface area contributed by atoms with Gasteiger partial charge in [0.25, 0.3) is 0 Å². The Kier molecular flexibility index (Phi) is 6.49. The number of hydrogen-bond donors (Lipinski definition) is 1. The fourth-order valence-electron chi connectivity index (χ4n) is 3.04. The first-order chi connectivity index (χ1) is 10.2. The van der Waals surface area contributed by atoms with Gasteiger partial charge in [-0.05, 0) is 45.5 Å². The fraction of sp³-hybridized carbons (Fsp3) is 0.647. The lowest BCUT2D eigenvalue weighted by atomic mass is 10.1. The van der Waals surface area contributed by atoms with Crippen LogP contribution in [0.1, 0.15) is 18.4 Å². The molecular formula is C17H29N3O. The number of para-hydroxylation sites is 1. The van der Waals surface area contributed by atoms with Crippen molar-refractivity contribution in [2.45, 2.75) is 19.4 Å². The average Bonchev–Trinajstić information content (AvgIpc) is 2.89. The lowest BCUT2D eigenvalue weighted by molar-refractivity contribution is 0.237. The maximum Gasteiger partial charge on any atom is 0.123 e. The summed E-state index contributed by atoms with van der Waals surface area (Å²) in [6.07, 6.45) is 2.39. The second-order valence-corrected chi connectivity index (χ2v) is 6.19. The molecule has 4 nitrogen and oxygen atoms in total. The Bertz CT molecular complexity index is 424. The normalized spacial score (nSPS) is 19.3. The van der Waals surface area contributed by atoms with E-state index in [1.54, 1.807) is 0 Å². The molecule has 1 aromatic rings. The molecule has 1 atom stereocenters. The third-order valence-corrected chi connectivity index (χ3v) is 4.19. The van der Waals surface area contributed by atoms with Crippen LogP contribution >= 0.6 is 0 Å². The number of nitrogens with zero attached hydrogens (tertiary/aromatic N) is 2. The predicted molar refractivity (Wildman–Crippen MR) is 87.5 cm³/mol. The molecule has 0 spiro atoms. The quantitative estimate of drug-likeness (QED) is 0.742. The van der Waals surface area contributed by atoms with E-state index in [4.69, 9.17) is 10.5 Å². The summed E-state index contributed by atoms with van der Waals surface area (Å²) in [4.78, 5) is 4.85. The lowest BCUT2D eigenvalue weighted by Crippen LogP contribution is -2.29. The Labute approximate surface area is 128 Å². The van der Waals surface area contributed by atoms with Gasteiger partial charge in [0.2, 0.25) is 0 Å². The van der Waals surface area contributed by atoms with Crippen molar-refractivity contribution in [3.63, 3.8) is 0 Å². The highest BCUT2D eigenvalue weighted by atomic mass is 16.5. The Hall–Kier alpha value is -1.10. The lowest BCUT2D eigenvalue weighted by Gasteiger charge is -2.21. The van der Waals surface area contributed by atoms with Crippen molar-refractivity contribution in [1.29, 1.82) is 0 Å². The van der Waals surface area contributed by atoms with Crippen LogP contribution in [0.2, 0.25) is 0 Å². The molecule has 1 saturated heterocycles. The van der Waals surface area contributed by atoms with Crippen LogP contribution in [0.3, 0.4) is 0 Å². The van der Waals surface area contributed by atoms with Crippen LogP contribution in [-0.4, -0.2) is 56.7 Å². The van der Waals surface area contributed by atoms with E-state index in [2.05, 4.69) is 23.9 Å². The summed E-state index contributed by atoms with van der Waals surface area (Å²) in [7, 11) is 4.43. The summed E-state index contributed by atoms with van der Waals surface area (Å²) in [6, 6.07) is 8.02. The molecule has 0 aliphatic carbocycles. The maximum atomic E-state index is 5.85. The molecule has 1 unspecified atom stereocenters. The highest BCUT2D eigenvalue weighted by Gasteiger charge is 2.20. The zero-order chi connectivity index (χ0) is 15.1. The minimum Gasteiger partial charge on any atom is -0.493 e. The zero-order valence-electron chi connectivity index (χ0n) is 13.4. The number of hydrogen-bond acceptors (Lipinski definition) is 4. The van der Waals surface area contributed by atoms with Gasteiger partial charge < -0.3 is 20.3 Å². The van der Waals surface area contributed by atoms with E-state index >= 15 is 0 Å². The molecule has 0 aromatic heterocycles. The topological polar surface area (TPSA) is 41.7 Å².